The third kappa shape index (κ3) is 4.79. The van der Waals surface area contributed by atoms with E-state index in [1.807, 2.05) is 12.1 Å². The highest BCUT2D eigenvalue weighted by Gasteiger charge is 2.66. The van der Waals surface area contributed by atoms with Crippen molar-refractivity contribution in [2.24, 2.45) is 0 Å². The van der Waals surface area contributed by atoms with Crippen LogP contribution in [0, 0.1) is 5.82 Å². The Kier molecular flexibility index (Phi) is 7.41. The molecule has 0 saturated carbocycles. The van der Waals surface area contributed by atoms with Gasteiger partial charge in [0.25, 0.3) is 5.91 Å². The van der Waals surface area contributed by atoms with Crippen molar-refractivity contribution in [1.82, 2.24) is 15.1 Å². The Labute approximate surface area is 243 Å². The Balaban J connectivity index is 1.36. The molecule has 212 valence electrons. The summed E-state index contributed by atoms with van der Waals surface area (Å²) in [6.07, 6.45) is 0.281. The predicted octanol–water partition coefficient (Wildman–Crippen LogP) is -2.31. The molecule has 0 bridgehead atoms. The van der Waals surface area contributed by atoms with E-state index in [0.717, 1.165) is 18.7 Å². The quantitative estimate of drug-likeness (QED) is 0.271. The number of carbonyl (C=O) groups is 3. The number of piperidine rings is 1. The van der Waals surface area contributed by atoms with E-state index < -0.39 is 28.0 Å². The smallest absolute Gasteiger partial charge is 0.254 e. The van der Waals surface area contributed by atoms with Crippen molar-refractivity contribution in [3.8, 4) is 0 Å². The molecule has 5 rings (SSSR count). The summed E-state index contributed by atoms with van der Waals surface area (Å²) in [7, 11) is 6.17. The van der Waals surface area contributed by atoms with Gasteiger partial charge in [-0.15, -0.1) is 0 Å². The van der Waals surface area contributed by atoms with E-state index in [0.29, 0.717) is 28.9 Å². The van der Waals surface area contributed by atoms with Crippen LogP contribution in [-0.4, -0.2) is 100 Å². The van der Waals surface area contributed by atoms with Gasteiger partial charge in [0.05, 0.1) is 17.6 Å². The Bertz CT molecular complexity index is 1420. The van der Waals surface area contributed by atoms with Crippen LogP contribution in [0.4, 0.5) is 10.1 Å². The summed E-state index contributed by atoms with van der Waals surface area (Å²) in [5.74, 6) is -2.13. The Morgan fingerprint density at radius 3 is 2.44 bits per heavy atom. The van der Waals surface area contributed by atoms with Crippen LogP contribution in [-0.2, 0) is 34.0 Å². The van der Waals surface area contributed by atoms with Gasteiger partial charge >= 0.3 is 0 Å². The third-order valence-corrected chi connectivity index (χ3v) is 9.53. The maximum atomic E-state index is 14.9. The molecule has 4 atom stereocenters. The number of hydrogen-bond donors (Lipinski definition) is 3. The van der Waals surface area contributed by atoms with Crippen LogP contribution >= 0.6 is 0 Å². The molecule has 3 aliphatic heterocycles. The number of imide groups is 1. The summed E-state index contributed by atoms with van der Waals surface area (Å²) < 4.78 is 20.7. The molecule has 0 spiro atoms. The molecule has 0 aliphatic carbocycles. The second kappa shape index (κ2) is 10.3. The van der Waals surface area contributed by atoms with E-state index in [4.69, 9.17) is 4.74 Å². The average molecular weight is 558 g/mol. The minimum atomic E-state index is -1.90. The highest BCUT2D eigenvalue weighted by molar-refractivity contribution is 6.58. The lowest BCUT2D eigenvalue weighted by atomic mass is 9.29. The molecule has 3 heterocycles. The maximum Gasteiger partial charge on any atom is 0.254 e. The minimum absolute atomic E-state index is 0.0882. The minimum Gasteiger partial charge on any atom is -0.390 e. The number of morpholine rings is 1. The number of fused-ring (bicyclic) bond motifs is 1. The zero-order valence-electron chi connectivity index (χ0n) is 24.5. The van der Waals surface area contributed by atoms with E-state index in [1.165, 1.54) is 18.8 Å². The standard InChI is InChI=1S/C27H35B4FN4O5/c1-14-10-35(11-15(2)41-14)12-16-6-7-20(32)17(8-16)9-33-21-5-3-4-18-19(21)13-36(22(18)37)25(28)23(38)34-24(39)26(29,40)27(25,30)31/h3-8,14-15,33,40H,9-13,28-31H2,1-2H3,(H,34,38,39). The largest absolute Gasteiger partial charge is 0.390 e. The number of halogens is 1. The first-order valence-corrected chi connectivity index (χ1v) is 14.1. The molecule has 3 N–H and O–H groups in total. The van der Waals surface area contributed by atoms with Crippen molar-refractivity contribution in [1.29, 1.82) is 0 Å². The fourth-order valence-corrected chi connectivity index (χ4v) is 6.43. The normalized spacial score (nSPS) is 29.8. The lowest BCUT2D eigenvalue weighted by Gasteiger charge is -2.57. The Morgan fingerprint density at radius 1 is 1.07 bits per heavy atom. The molecule has 0 radical (unpaired) electrons. The van der Waals surface area contributed by atoms with E-state index >= 15 is 0 Å². The zero-order chi connectivity index (χ0) is 29.9. The number of hydrogen-bond acceptors (Lipinski definition) is 7. The molecule has 2 aromatic carbocycles. The number of benzene rings is 2. The number of nitrogens with zero attached hydrogens (tertiary/aromatic N) is 2. The first-order chi connectivity index (χ1) is 19.2. The molecule has 14 heteroatoms. The summed E-state index contributed by atoms with van der Waals surface area (Å²) in [5.41, 5.74) is -0.167. The van der Waals surface area contributed by atoms with Gasteiger partial charge < -0.3 is 20.1 Å². The highest BCUT2D eigenvalue weighted by atomic mass is 19.1. The fraction of sp³-hybridized carbons (Fsp3) is 0.444. The van der Waals surface area contributed by atoms with Gasteiger partial charge in [-0.3, -0.25) is 24.6 Å². The molecule has 0 aromatic heterocycles. The topological polar surface area (TPSA) is 111 Å². The van der Waals surface area contributed by atoms with Crippen LogP contribution in [0.25, 0.3) is 0 Å². The number of nitrogens with one attached hydrogen (secondary N) is 2. The molecule has 9 nitrogen and oxygen atoms in total. The average Bonchev–Trinajstić information content (AvgIpc) is 3.24. The van der Waals surface area contributed by atoms with Gasteiger partial charge in [0.2, 0.25) is 11.8 Å². The maximum absolute atomic E-state index is 14.9. The predicted molar refractivity (Wildman–Crippen MR) is 163 cm³/mol. The van der Waals surface area contributed by atoms with Crippen molar-refractivity contribution in [2.45, 2.75) is 61.8 Å². The lowest BCUT2D eigenvalue weighted by Crippen LogP contribution is -2.79. The number of carbonyl (C=O) groups excluding carboxylic acids is 3. The molecular formula is C27H35B4FN4O5. The van der Waals surface area contributed by atoms with Gasteiger partial charge in [0.15, 0.2) is 7.85 Å². The van der Waals surface area contributed by atoms with Gasteiger partial charge in [0.1, 0.15) is 34.9 Å². The molecule has 2 aromatic rings. The van der Waals surface area contributed by atoms with Crippen molar-refractivity contribution >= 4 is 54.8 Å². The van der Waals surface area contributed by atoms with Gasteiger partial charge in [-0.05, 0) is 48.9 Å². The number of aliphatic hydroxyl groups is 1. The van der Waals surface area contributed by atoms with E-state index in [-0.39, 0.29) is 37.0 Å². The molecule has 3 aliphatic rings. The van der Waals surface area contributed by atoms with Crippen molar-refractivity contribution in [3.05, 3.63) is 64.5 Å². The number of anilines is 1. The first kappa shape index (κ1) is 29.4. The van der Waals surface area contributed by atoms with E-state index in [1.54, 1.807) is 41.7 Å². The third-order valence-electron chi connectivity index (χ3n) is 9.53. The fourth-order valence-electron chi connectivity index (χ4n) is 6.43. The van der Waals surface area contributed by atoms with Gasteiger partial charge in [-0.25, -0.2) is 4.39 Å². The van der Waals surface area contributed by atoms with Crippen LogP contribution in [0.3, 0.4) is 0 Å². The number of ether oxygens (including phenoxy) is 1. The van der Waals surface area contributed by atoms with Gasteiger partial charge in [-0.1, -0.05) is 12.1 Å². The van der Waals surface area contributed by atoms with Crippen LogP contribution in [0.5, 0.6) is 0 Å². The lowest BCUT2D eigenvalue weighted by molar-refractivity contribution is -0.151. The Hall–Kier alpha value is -3.08. The monoisotopic (exact) mass is 558 g/mol. The Morgan fingerprint density at radius 2 is 1.76 bits per heavy atom. The first-order valence-electron chi connectivity index (χ1n) is 14.1. The summed E-state index contributed by atoms with van der Waals surface area (Å²) in [4.78, 5) is 43.1. The summed E-state index contributed by atoms with van der Waals surface area (Å²) >= 11 is 0. The van der Waals surface area contributed by atoms with Crippen LogP contribution < -0.4 is 10.6 Å². The van der Waals surface area contributed by atoms with Crippen molar-refractivity contribution < 1.29 is 28.6 Å². The summed E-state index contributed by atoms with van der Waals surface area (Å²) in [5, 5.41) is 15.3. The van der Waals surface area contributed by atoms with E-state index in [9.17, 15) is 23.9 Å². The SMILES string of the molecule is BC1(O)C(=O)NC(=O)C(B)(N2Cc3c(NCc4cc(CN5CC(C)OC(C)C5)ccc4F)cccc3C2=O)C1(B)B. The second-order valence-electron chi connectivity index (χ2n) is 12.5. The zero-order valence-corrected chi connectivity index (χ0v) is 24.5. The van der Waals surface area contributed by atoms with Crippen LogP contribution in [0.2, 0.25) is 5.21 Å². The molecule has 2 saturated heterocycles. The summed E-state index contributed by atoms with van der Waals surface area (Å²) in [6, 6.07) is 10.4. The van der Waals surface area contributed by atoms with Gasteiger partial charge in [0, 0.05) is 55.1 Å². The van der Waals surface area contributed by atoms with Crippen LogP contribution in [0.1, 0.15) is 40.9 Å². The van der Waals surface area contributed by atoms with Crippen LogP contribution in [0.15, 0.2) is 36.4 Å². The van der Waals surface area contributed by atoms with Crippen molar-refractivity contribution in [2.75, 3.05) is 18.4 Å². The molecule has 4 unspecified atom stereocenters. The number of rotatable bonds is 6. The van der Waals surface area contributed by atoms with E-state index in [2.05, 4.69) is 29.4 Å². The van der Waals surface area contributed by atoms with Gasteiger partial charge in [-0.2, -0.15) is 0 Å². The molecule has 41 heavy (non-hydrogen) atoms. The van der Waals surface area contributed by atoms with Crippen molar-refractivity contribution in [3.63, 3.8) is 0 Å². The molecule has 2 fully saturated rings. The second-order valence-corrected chi connectivity index (χ2v) is 12.5. The number of amides is 3. The highest BCUT2D eigenvalue weighted by Crippen LogP contribution is 2.49. The molecule has 3 amide bonds. The molecular weight excluding hydrogens is 523 g/mol. The summed E-state index contributed by atoms with van der Waals surface area (Å²) in [6.45, 7) is 6.71.